The number of hydrogen-bond donors (Lipinski definition) is 0. The minimum Gasteiger partial charge on any atom is -0.496 e. The van der Waals surface area contributed by atoms with Gasteiger partial charge in [-0.25, -0.2) is 5.01 Å². The van der Waals surface area contributed by atoms with Crippen molar-refractivity contribution in [1.82, 2.24) is 10.0 Å². The molecule has 0 fully saturated rings. The van der Waals surface area contributed by atoms with Crippen LogP contribution in [0.15, 0.2) is 35.4 Å². The smallest absolute Gasteiger partial charge is 0.204 e. The van der Waals surface area contributed by atoms with Gasteiger partial charge in [-0.1, -0.05) is 0 Å². The van der Waals surface area contributed by atoms with E-state index < -0.39 is 0 Å². The first-order chi connectivity index (χ1) is 8.54. The van der Waals surface area contributed by atoms with Gasteiger partial charge in [0.15, 0.2) is 5.78 Å². The molecule has 0 spiro atoms. The third kappa shape index (κ3) is 2.09. The topological polar surface area (TPSA) is 49.9 Å². The van der Waals surface area contributed by atoms with Crippen LogP contribution in [0.3, 0.4) is 0 Å². The average molecular weight is 248 g/mol. The Morgan fingerprint density at radius 3 is 2.56 bits per heavy atom. The van der Waals surface area contributed by atoms with Crippen LogP contribution in [0.4, 0.5) is 0 Å². The first kappa shape index (κ1) is 12.6. The van der Waals surface area contributed by atoms with E-state index in [4.69, 9.17) is 4.74 Å². The fourth-order valence-corrected chi connectivity index (χ4v) is 2.03. The fourth-order valence-electron chi connectivity index (χ4n) is 2.03. The molecule has 0 bridgehead atoms. The van der Waals surface area contributed by atoms with Crippen LogP contribution in [0.2, 0.25) is 0 Å². The van der Waals surface area contributed by atoms with Crippen molar-refractivity contribution in [3.8, 4) is 0 Å². The molecule has 5 heteroatoms. The molecule has 0 N–H and O–H groups in total. The zero-order valence-corrected chi connectivity index (χ0v) is 10.8. The van der Waals surface area contributed by atoms with Crippen molar-refractivity contribution in [2.45, 2.75) is 13.3 Å². The highest BCUT2D eigenvalue weighted by atomic mass is 16.5. The normalized spacial score (nSPS) is 19.3. The number of carbonyl (C=O) groups excluding carboxylic acids is 2. The van der Waals surface area contributed by atoms with E-state index in [-0.39, 0.29) is 11.6 Å². The Labute approximate surface area is 106 Å². The van der Waals surface area contributed by atoms with Gasteiger partial charge in [0.1, 0.15) is 11.5 Å². The monoisotopic (exact) mass is 248 g/mol. The molecule has 18 heavy (non-hydrogen) atoms. The van der Waals surface area contributed by atoms with E-state index in [1.54, 1.807) is 16.2 Å². The predicted octanol–water partition coefficient (Wildman–Crippen LogP) is 1.01. The molecule has 1 aliphatic carbocycles. The van der Waals surface area contributed by atoms with Crippen LogP contribution in [-0.2, 0) is 14.3 Å². The minimum absolute atomic E-state index is 0.123. The highest BCUT2D eigenvalue weighted by molar-refractivity contribution is 6.20. The highest BCUT2D eigenvalue weighted by Crippen LogP contribution is 2.30. The summed E-state index contributed by atoms with van der Waals surface area (Å²) in [5.41, 5.74) is 0.929. The third-order valence-electron chi connectivity index (χ3n) is 2.81. The second-order valence-corrected chi connectivity index (χ2v) is 4.29. The van der Waals surface area contributed by atoms with Crippen LogP contribution in [0.1, 0.15) is 13.3 Å². The van der Waals surface area contributed by atoms with Gasteiger partial charge < -0.3 is 4.74 Å². The predicted molar refractivity (Wildman–Crippen MR) is 66.0 cm³/mol. The maximum Gasteiger partial charge on any atom is 0.204 e. The average Bonchev–Trinajstić information content (AvgIpc) is 2.33. The third-order valence-corrected chi connectivity index (χ3v) is 2.81. The molecule has 0 radical (unpaired) electrons. The second-order valence-electron chi connectivity index (χ2n) is 4.29. The van der Waals surface area contributed by atoms with Crippen LogP contribution in [0.5, 0.6) is 0 Å². The lowest BCUT2D eigenvalue weighted by molar-refractivity contribution is -0.117. The van der Waals surface area contributed by atoms with Crippen molar-refractivity contribution >= 4 is 11.6 Å². The van der Waals surface area contributed by atoms with Gasteiger partial charge in [0, 0.05) is 26.1 Å². The van der Waals surface area contributed by atoms with Crippen molar-refractivity contribution in [2.24, 2.45) is 0 Å². The first-order valence-electron chi connectivity index (χ1n) is 5.84. The molecule has 1 heterocycles. The summed E-state index contributed by atoms with van der Waals surface area (Å²) >= 11 is 0. The zero-order chi connectivity index (χ0) is 13.3. The van der Waals surface area contributed by atoms with E-state index in [1.165, 1.54) is 12.2 Å². The van der Waals surface area contributed by atoms with Crippen LogP contribution < -0.4 is 0 Å². The molecule has 2 aliphatic rings. The molecule has 0 aromatic carbocycles. The van der Waals surface area contributed by atoms with E-state index >= 15 is 0 Å². The molecule has 0 saturated carbocycles. The van der Waals surface area contributed by atoms with E-state index in [0.717, 1.165) is 0 Å². The SMILES string of the molecule is CCOC1=CN(N(C)C)C2=C(C1)C(=O)C=CC2=O. The summed E-state index contributed by atoms with van der Waals surface area (Å²) in [5.74, 6) is 0.424. The molecule has 0 unspecified atom stereocenters. The van der Waals surface area contributed by atoms with E-state index in [9.17, 15) is 9.59 Å². The molecular formula is C13H16N2O3. The number of ether oxygens (including phenoxy) is 1. The van der Waals surface area contributed by atoms with Crippen molar-refractivity contribution in [3.05, 3.63) is 35.4 Å². The van der Waals surface area contributed by atoms with Crippen LogP contribution >= 0.6 is 0 Å². The van der Waals surface area contributed by atoms with Crippen LogP contribution in [0, 0.1) is 0 Å². The van der Waals surface area contributed by atoms with Gasteiger partial charge in [0.2, 0.25) is 5.78 Å². The Kier molecular flexibility index (Phi) is 3.34. The molecule has 5 nitrogen and oxygen atoms in total. The summed E-state index contributed by atoms with van der Waals surface area (Å²) in [5, 5.41) is 3.41. The van der Waals surface area contributed by atoms with Crippen molar-refractivity contribution in [3.63, 3.8) is 0 Å². The van der Waals surface area contributed by atoms with Gasteiger partial charge >= 0.3 is 0 Å². The standard InChI is InChI=1S/C13H16N2O3/c1-4-18-9-7-10-11(16)5-6-12(17)13(10)15(8-9)14(2)3/h5-6,8H,4,7H2,1-3H3. The lowest BCUT2D eigenvalue weighted by atomic mass is 9.94. The maximum absolute atomic E-state index is 11.9. The van der Waals surface area contributed by atoms with Crippen molar-refractivity contribution in [2.75, 3.05) is 20.7 Å². The molecule has 2 rings (SSSR count). The number of ketones is 2. The number of hydrogen-bond acceptors (Lipinski definition) is 5. The Balaban J connectivity index is 2.42. The Morgan fingerprint density at radius 2 is 1.94 bits per heavy atom. The van der Waals surface area contributed by atoms with Gasteiger partial charge in [-0.05, 0) is 19.1 Å². The van der Waals surface area contributed by atoms with Gasteiger partial charge in [-0.3, -0.25) is 14.6 Å². The molecule has 1 aliphatic heterocycles. The molecule has 0 amide bonds. The molecule has 96 valence electrons. The summed E-state index contributed by atoms with van der Waals surface area (Å²) in [4.78, 5) is 23.8. The van der Waals surface area contributed by atoms with E-state index in [0.29, 0.717) is 30.1 Å². The molecular weight excluding hydrogens is 232 g/mol. The largest absolute Gasteiger partial charge is 0.496 e. The summed E-state index contributed by atoms with van der Waals surface area (Å²) in [7, 11) is 3.62. The van der Waals surface area contributed by atoms with Gasteiger partial charge in [-0.15, -0.1) is 0 Å². The quantitative estimate of drug-likeness (QED) is 0.698. The number of hydrazine groups is 1. The molecule has 0 saturated heterocycles. The Bertz CT molecular complexity index is 486. The number of rotatable bonds is 3. The first-order valence-corrected chi connectivity index (χ1v) is 5.84. The fraction of sp³-hybridized carbons (Fsp3) is 0.385. The summed E-state index contributed by atoms with van der Waals surface area (Å²) in [6.45, 7) is 2.42. The Hall–Kier alpha value is -1.88. The van der Waals surface area contributed by atoms with Gasteiger partial charge in [0.05, 0.1) is 12.8 Å². The molecule has 0 aromatic rings. The molecule has 0 atom stereocenters. The van der Waals surface area contributed by atoms with Crippen molar-refractivity contribution in [1.29, 1.82) is 0 Å². The number of allylic oxidation sites excluding steroid dienone is 3. The lowest BCUT2D eigenvalue weighted by Crippen LogP contribution is -2.39. The number of nitrogens with zero attached hydrogens (tertiary/aromatic N) is 2. The second kappa shape index (κ2) is 4.78. The zero-order valence-electron chi connectivity index (χ0n) is 10.8. The molecule has 0 aromatic heterocycles. The van der Waals surface area contributed by atoms with E-state index in [2.05, 4.69) is 0 Å². The van der Waals surface area contributed by atoms with E-state index in [1.807, 2.05) is 21.0 Å². The summed E-state index contributed by atoms with van der Waals surface area (Å²) in [6, 6.07) is 0. The summed E-state index contributed by atoms with van der Waals surface area (Å²) in [6.07, 6.45) is 4.77. The lowest BCUT2D eigenvalue weighted by Gasteiger charge is -2.34. The maximum atomic E-state index is 11.9. The number of carbonyl (C=O) groups is 2. The van der Waals surface area contributed by atoms with Gasteiger partial charge in [0.25, 0.3) is 0 Å². The van der Waals surface area contributed by atoms with Crippen molar-refractivity contribution < 1.29 is 14.3 Å². The Morgan fingerprint density at radius 1 is 1.28 bits per heavy atom. The van der Waals surface area contributed by atoms with Crippen LogP contribution in [-0.4, -0.2) is 42.3 Å². The van der Waals surface area contributed by atoms with Gasteiger partial charge in [-0.2, -0.15) is 0 Å². The summed E-state index contributed by atoms with van der Waals surface area (Å²) < 4.78 is 5.47. The minimum atomic E-state index is -0.148. The highest BCUT2D eigenvalue weighted by Gasteiger charge is 2.32. The van der Waals surface area contributed by atoms with Crippen LogP contribution in [0.25, 0.3) is 0 Å².